The monoisotopic (exact) mass is 400 g/mol. The molecule has 0 unspecified atom stereocenters. The molecule has 0 aliphatic heterocycles. The Morgan fingerprint density at radius 3 is 2.86 bits per heavy atom. The molecule has 0 radical (unpaired) electrons. The standard InChI is InChI=1S/C19H14ClFN4O3/c20-17-5-2-6-18(21)16(17)12-24-11-14(10-22-24)23-19(26)8-7-13-3-1-4-15(9-13)25(27)28/h1-11H,12H2,(H,23,26)/b8-7+. The number of nitrogens with zero attached hydrogens (tertiary/aromatic N) is 3. The quantitative estimate of drug-likeness (QED) is 0.380. The average molecular weight is 401 g/mol. The number of amides is 1. The van der Waals surface area contributed by atoms with E-state index in [1.807, 2.05) is 0 Å². The zero-order chi connectivity index (χ0) is 20.1. The van der Waals surface area contributed by atoms with Gasteiger partial charge in [0, 0.05) is 35.0 Å². The van der Waals surface area contributed by atoms with E-state index in [1.165, 1.54) is 53.4 Å². The van der Waals surface area contributed by atoms with Crippen molar-refractivity contribution in [3.05, 3.63) is 93.0 Å². The number of halogens is 2. The molecule has 9 heteroatoms. The van der Waals surface area contributed by atoms with Crippen LogP contribution in [0.15, 0.2) is 60.9 Å². The number of aromatic nitrogens is 2. The second-order valence-corrected chi connectivity index (χ2v) is 6.21. The highest BCUT2D eigenvalue weighted by atomic mass is 35.5. The molecule has 28 heavy (non-hydrogen) atoms. The van der Waals surface area contributed by atoms with Gasteiger partial charge in [-0.25, -0.2) is 4.39 Å². The lowest BCUT2D eigenvalue weighted by Crippen LogP contribution is -2.07. The van der Waals surface area contributed by atoms with Crippen LogP contribution in [0.1, 0.15) is 11.1 Å². The van der Waals surface area contributed by atoms with Gasteiger partial charge >= 0.3 is 0 Å². The third kappa shape index (κ3) is 4.80. The molecule has 2 aromatic carbocycles. The topological polar surface area (TPSA) is 90.1 Å². The highest BCUT2D eigenvalue weighted by Gasteiger charge is 2.09. The van der Waals surface area contributed by atoms with Crippen molar-refractivity contribution < 1.29 is 14.1 Å². The smallest absolute Gasteiger partial charge is 0.270 e. The minimum atomic E-state index is -0.506. The number of non-ortho nitro benzene ring substituents is 1. The number of carbonyl (C=O) groups excluding carboxylic acids is 1. The van der Waals surface area contributed by atoms with Gasteiger partial charge in [-0.05, 0) is 23.8 Å². The third-order valence-electron chi connectivity index (χ3n) is 3.79. The van der Waals surface area contributed by atoms with Crippen LogP contribution in [0.3, 0.4) is 0 Å². The maximum Gasteiger partial charge on any atom is 0.270 e. The summed E-state index contributed by atoms with van der Waals surface area (Å²) in [5.74, 6) is -0.872. The molecular formula is C19H14ClFN4O3. The first kappa shape index (κ1) is 19.2. The first-order valence-electron chi connectivity index (χ1n) is 8.11. The van der Waals surface area contributed by atoms with Crippen LogP contribution in [0.4, 0.5) is 15.8 Å². The molecule has 3 aromatic rings. The van der Waals surface area contributed by atoms with E-state index in [9.17, 15) is 19.3 Å². The van der Waals surface area contributed by atoms with Crippen LogP contribution in [0, 0.1) is 15.9 Å². The number of anilines is 1. The van der Waals surface area contributed by atoms with E-state index in [0.717, 1.165) is 0 Å². The van der Waals surface area contributed by atoms with Crippen molar-refractivity contribution in [3.8, 4) is 0 Å². The van der Waals surface area contributed by atoms with E-state index in [4.69, 9.17) is 11.6 Å². The molecule has 1 heterocycles. The van der Waals surface area contributed by atoms with Crippen LogP contribution in [0.2, 0.25) is 5.02 Å². The van der Waals surface area contributed by atoms with Crippen LogP contribution in [-0.4, -0.2) is 20.6 Å². The van der Waals surface area contributed by atoms with Crippen molar-refractivity contribution in [2.45, 2.75) is 6.54 Å². The van der Waals surface area contributed by atoms with Crippen molar-refractivity contribution in [2.24, 2.45) is 0 Å². The molecule has 0 bridgehead atoms. The first-order valence-corrected chi connectivity index (χ1v) is 8.49. The van der Waals surface area contributed by atoms with Gasteiger partial charge in [0.1, 0.15) is 5.82 Å². The lowest BCUT2D eigenvalue weighted by molar-refractivity contribution is -0.384. The Morgan fingerprint density at radius 1 is 1.32 bits per heavy atom. The molecule has 7 nitrogen and oxygen atoms in total. The zero-order valence-corrected chi connectivity index (χ0v) is 15.1. The second kappa shape index (κ2) is 8.45. The Bertz CT molecular complexity index is 1040. The Kier molecular flexibility index (Phi) is 5.81. The zero-order valence-electron chi connectivity index (χ0n) is 14.4. The predicted molar refractivity (Wildman–Crippen MR) is 103 cm³/mol. The first-order chi connectivity index (χ1) is 13.4. The average Bonchev–Trinajstić information content (AvgIpc) is 3.10. The van der Waals surface area contributed by atoms with E-state index < -0.39 is 16.6 Å². The SMILES string of the molecule is O=C(/C=C/c1cccc([N+](=O)[O-])c1)Nc1cnn(Cc2c(F)cccc2Cl)c1. The molecule has 0 aliphatic carbocycles. The number of nitro benzene ring substituents is 1. The summed E-state index contributed by atoms with van der Waals surface area (Å²) in [4.78, 5) is 22.3. The fourth-order valence-electron chi connectivity index (χ4n) is 2.46. The van der Waals surface area contributed by atoms with Gasteiger partial charge in [-0.1, -0.05) is 29.8 Å². The maximum atomic E-state index is 13.8. The fraction of sp³-hybridized carbons (Fsp3) is 0.0526. The van der Waals surface area contributed by atoms with Gasteiger partial charge in [-0.2, -0.15) is 5.10 Å². The van der Waals surface area contributed by atoms with Gasteiger partial charge < -0.3 is 5.32 Å². The van der Waals surface area contributed by atoms with Crippen LogP contribution >= 0.6 is 11.6 Å². The van der Waals surface area contributed by atoms with Gasteiger partial charge in [0.05, 0.1) is 23.4 Å². The number of carbonyl (C=O) groups is 1. The summed E-state index contributed by atoms with van der Waals surface area (Å²) < 4.78 is 15.3. The minimum absolute atomic E-state index is 0.0596. The molecule has 1 N–H and O–H groups in total. The van der Waals surface area contributed by atoms with E-state index >= 15 is 0 Å². The van der Waals surface area contributed by atoms with Gasteiger partial charge in [-0.15, -0.1) is 0 Å². The van der Waals surface area contributed by atoms with E-state index in [-0.39, 0.29) is 12.2 Å². The molecule has 142 valence electrons. The van der Waals surface area contributed by atoms with Crippen molar-refractivity contribution >= 4 is 35.0 Å². The van der Waals surface area contributed by atoms with Crippen molar-refractivity contribution in [1.82, 2.24) is 9.78 Å². The van der Waals surface area contributed by atoms with Crippen molar-refractivity contribution in [2.75, 3.05) is 5.32 Å². The summed E-state index contributed by atoms with van der Waals surface area (Å²) >= 11 is 6.00. The lowest BCUT2D eigenvalue weighted by Gasteiger charge is -2.05. The summed E-state index contributed by atoms with van der Waals surface area (Å²) in [6.45, 7) is 0.116. The Morgan fingerprint density at radius 2 is 2.11 bits per heavy atom. The highest BCUT2D eigenvalue weighted by molar-refractivity contribution is 6.31. The van der Waals surface area contributed by atoms with E-state index in [0.29, 0.717) is 21.8 Å². The number of benzene rings is 2. The largest absolute Gasteiger partial charge is 0.320 e. The molecule has 0 atom stereocenters. The van der Waals surface area contributed by atoms with Crippen molar-refractivity contribution in [3.63, 3.8) is 0 Å². The fourth-order valence-corrected chi connectivity index (χ4v) is 2.68. The van der Waals surface area contributed by atoms with Crippen LogP contribution in [0.5, 0.6) is 0 Å². The van der Waals surface area contributed by atoms with Gasteiger partial charge in [0.15, 0.2) is 0 Å². The third-order valence-corrected chi connectivity index (χ3v) is 4.14. The number of hydrogen-bond acceptors (Lipinski definition) is 4. The van der Waals surface area contributed by atoms with Gasteiger partial charge in [-0.3, -0.25) is 19.6 Å². The predicted octanol–water partition coefficient (Wildman–Crippen LogP) is 4.28. The molecule has 3 rings (SSSR count). The number of nitrogens with one attached hydrogen (secondary N) is 1. The van der Waals surface area contributed by atoms with Crippen LogP contribution < -0.4 is 5.32 Å². The van der Waals surface area contributed by atoms with Crippen LogP contribution in [0.25, 0.3) is 6.08 Å². The summed E-state index contributed by atoms with van der Waals surface area (Å²) in [6, 6.07) is 10.3. The lowest BCUT2D eigenvalue weighted by atomic mass is 10.2. The van der Waals surface area contributed by atoms with E-state index in [1.54, 1.807) is 18.3 Å². The van der Waals surface area contributed by atoms with E-state index in [2.05, 4.69) is 10.4 Å². The highest BCUT2D eigenvalue weighted by Crippen LogP contribution is 2.20. The summed E-state index contributed by atoms with van der Waals surface area (Å²) in [5, 5.41) is 17.8. The van der Waals surface area contributed by atoms with Crippen LogP contribution in [-0.2, 0) is 11.3 Å². The Balaban J connectivity index is 1.64. The van der Waals surface area contributed by atoms with Gasteiger partial charge in [0.2, 0.25) is 5.91 Å². The molecule has 0 saturated carbocycles. The summed E-state index contributed by atoms with van der Waals surface area (Å²) in [6.07, 6.45) is 5.69. The number of nitro groups is 1. The minimum Gasteiger partial charge on any atom is -0.320 e. The molecule has 0 saturated heterocycles. The number of hydrogen-bond donors (Lipinski definition) is 1. The molecule has 1 aromatic heterocycles. The molecule has 0 aliphatic rings. The van der Waals surface area contributed by atoms with Crippen molar-refractivity contribution in [1.29, 1.82) is 0 Å². The second-order valence-electron chi connectivity index (χ2n) is 5.80. The molecular weight excluding hydrogens is 387 g/mol. The van der Waals surface area contributed by atoms with Gasteiger partial charge in [0.25, 0.3) is 5.69 Å². The molecule has 0 fully saturated rings. The Labute approximate surface area is 164 Å². The molecule has 1 amide bonds. The Hall–Kier alpha value is -3.52. The molecule has 0 spiro atoms. The summed E-state index contributed by atoms with van der Waals surface area (Å²) in [5.41, 5.74) is 1.18. The normalized spacial score (nSPS) is 10.9. The number of rotatable bonds is 6. The maximum absolute atomic E-state index is 13.8. The summed E-state index contributed by atoms with van der Waals surface area (Å²) in [7, 11) is 0.